The molecule has 2 heterocycles. The molecule has 2 aromatic heterocycles. The monoisotopic (exact) mass is 1330 g/mol. The molecule has 0 amide bonds. The van der Waals surface area contributed by atoms with Crippen molar-refractivity contribution in [3.63, 3.8) is 0 Å². The largest absolute Gasteiger partial charge is 0.488 e. The van der Waals surface area contributed by atoms with Gasteiger partial charge in [0.1, 0.15) is 22.3 Å². The average molecular weight is 1330 g/mol. The Kier molecular flexibility index (Phi) is 16.7. The lowest BCUT2D eigenvalue weighted by atomic mass is 9.81. The molecule has 11 heteroatoms. The maximum atomic E-state index is 8.58. The number of para-hydroxylation sites is 4. The summed E-state index contributed by atoms with van der Waals surface area (Å²) in [6, 6.07) is 90.5. The van der Waals surface area contributed by atoms with Crippen LogP contribution < -0.4 is 15.7 Å². The first kappa shape index (κ1) is 53.5. The Labute approximate surface area is 496 Å². The highest BCUT2D eigenvalue weighted by Crippen LogP contribution is 2.44. The minimum absolute atomic E-state index is 0.525. The first-order chi connectivity index (χ1) is 38.6. The highest BCUT2D eigenvalue weighted by Gasteiger charge is 2.20. The lowest BCUT2D eigenvalue weighted by Gasteiger charge is -2.26. The zero-order valence-corrected chi connectivity index (χ0v) is 49.1. The molecule has 0 saturated carbocycles. The van der Waals surface area contributed by atoms with Crippen LogP contribution in [0.15, 0.2) is 289 Å². The number of halogens is 4. The van der Waals surface area contributed by atoms with E-state index in [2.05, 4.69) is 263 Å². The van der Waals surface area contributed by atoms with Gasteiger partial charge in [0.05, 0.1) is 9.26 Å². The van der Waals surface area contributed by atoms with Crippen LogP contribution in [0, 0.1) is 3.57 Å². The molecule has 0 spiro atoms. The predicted octanol–water partition coefficient (Wildman–Crippen LogP) is 20.3. The molecule has 79 heavy (non-hydrogen) atoms. The maximum Gasteiger partial charge on any atom is 0.488 e. The smallest absolute Gasteiger partial charge is 0.455 e. The number of benzene rings is 12. The van der Waals surface area contributed by atoms with E-state index in [1.807, 2.05) is 60.7 Å². The zero-order chi connectivity index (χ0) is 54.2. The summed E-state index contributed by atoms with van der Waals surface area (Å²) >= 11 is 13.2. The molecule has 0 saturated heterocycles. The summed E-state index contributed by atoms with van der Waals surface area (Å²) in [6.45, 7) is 0. The first-order valence-electron chi connectivity index (χ1n) is 25.4. The van der Waals surface area contributed by atoms with Crippen LogP contribution in [-0.4, -0.2) is 17.2 Å². The van der Waals surface area contributed by atoms with Crippen LogP contribution in [0.5, 0.6) is 0 Å². The third kappa shape index (κ3) is 12.2. The van der Waals surface area contributed by atoms with Crippen molar-refractivity contribution in [3.8, 4) is 11.1 Å². The van der Waals surface area contributed by atoms with E-state index in [0.29, 0.717) is 5.46 Å². The van der Waals surface area contributed by atoms with Crippen LogP contribution in [0.2, 0.25) is 0 Å². The van der Waals surface area contributed by atoms with Crippen LogP contribution in [0.4, 0.5) is 28.4 Å². The van der Waals surface area contributed by atoms with Crippen LogP contribution >= 0.6 is 70.4 Å². The Hall–Kier alpha value is -7.49. The summed E-state index contributed by atoms with van der Waals surface area (Å²) in [5.41, 5.74) is 11.8. The van der Waals surface area contributed by atoms with E-state index in [9.17, 15) is 0 Å². The summed E-state index contributed by atoms with van der Waals surface area (Å²) in [5.74, 6) is 0. The summed E-state index contributed by atoms with van der Waals surface area (Å²) in [5, 5.41) is 30.0. The second-order valence-corrected chi connectivity index (χ2v) is 22.3. The topological polar surface area (TPSA) is 82.0 Å². The average Bonchev–Trinajstić information content (AvgIpc) is 4.30. The number of rotatable bonds is 7. The fourth-order valence-corrected chi connectivity index (χ4v) is 12.2. The summed E-state index contributed by atoms with van der Waals surface area (Å²) in [6.07, 6.45) is 0. The molecule has 0 atom stereocenters. The highest BCUT2D eigenvalue weighted by molar-refractivity contribution is 14.1. The molecule has 3 N–H and O–H groups in total. The molecule has 0 aliphatic carbocycles. The molecule has 0 fully saturated rings. The Balaban J connectivity index is 0.000000129. The van der Waals surface area contributed by atoms with Gasteiger partial charge in [0, 0.05) is 69.3 Å². The zero-order valence-electron chi connectivity index (χ0n) is 42.2. The molecule has 0 unspecified atom stereocenters. The van der Waals surface area contributed by atoms with Gasteiger partial charge in [0.2, 0.25) is 0 Å². The number of furan rings is 2. The fourth-order valence-electron chi connectivity index (χ4n) is 9.57. The Morgan fingerprint density at radius 1 is 0.405 bits per heavy atom. The molecule has 14 aromatic rings. The van der Waals surface area contributed by atoms with E-state index in [1.165, 1.54) is 21.5 Å². The molecule has 12 aromatic carbocycles. The lowest BCUT2D eigenvalue weighted by Crippen LogP contribution is -2.29. The molecule has 0 radical (unpaired) electrons. The molecular formula is C68H47BBr3IN2O4. The Morgan fingerprint density at radius 3 is 1.59 bits per heavy atom. The highest BCUT2D eigenvalue weighted by atomic mass is 127. The van der Waals surface area contributed by atoms with Gasteiger partial charge >= 0.3 is 7.12 Å². The normalized spacial score (nSPS) is 10.9. The van der Waals surface area contributed by atoms with Crippen LogP contribution in [0.1, 0.15) is 0 Å². The number of hydrogen-bond acceptors (Lipinski definition) is 6. The van der Waals surface area contributed by atoms with Gasteiger partial charge < -0.3 is 29.1 Å². The van der Waals surface area contributed by atoms with E-state index in [1.54, 1.807) is 24.3 Å². The SMILES string of the molecule is Brc1cc(Br)c2c(c1)oc1c(I)cccc12.Brc1cc(N(c2ccccc2)c2ccc3ccccc3c2)cc2oc3c(-c4ccccc4)cccc3c12.OB(O)c1ccccc1.c1ccc(Nc2ccc3ccccc3c2)cc1. The molecule has 6 nitrogen and oxygen atoms in total. The van der Waals surface area contributed by atoms with Crippen molar-refractivity contribution in [2.24, 2.45) is 0 Å². The standard InChI is InChI=1S/C34H22BrNO.C16H13N.C12H5Br2IO.C6H7BO2/c35-31-21-28(22-32-33(31)30-17-9-16-29(34(30)37-32)24-11-3-1-4-12-24)36(26-14-5-2-6-15-26)27-19-18-23-10-7-8-13-25(23)20-27;1-2-8-15(9-3-1)17-16-11-10-13-6-4-5-7-14(13)12-16;13-6-4-8(14)11-7-2-1-3-9(15)12(7)16-10(11)5-6;8-7(9)6-4-2-1-3-5-6/h1-22H;1-12,17H;1-5H;1-5,8-9H. The minimum Gasteiger partial charge on any atom is -0.455 e. The van der Waals surface area contributed by atoms with Crippen molar-refractivity contribution in [1.82, 2.24) is 0 Å². The van der Waals surface area contributed by atoms with Crippen molar-refractivity contribution in [3.05, 3.63) is 284 Å². The van der Waals surface area contributed by atoms with Gasteiger partial charge in [-0.3, -0.25) is 0 Å². The fraction of sp³-hybridized carbons (Fsp3) is 0. The van der Waals surface area contributed by atoms with Crippen molar-refractivity contribution in [2.45, 2.75) is 0 Å². The number of hydrogen-bond donors (Lipinski definition) is 3. The van der Waals surface area contributed by atoms with E-state index >= 15 is 0 Å². The molecule has 14 rings (SSSR count). The van der Waals surface area contributed by atoms with Gasteiger partial charge in [-0.05, 0) is 160 Å². The third-order valence-electron chi connectivity index (χ3n) is 13.3. The first-order valence-corrected chi connectivity index (χ1v) is 28.8. The van der Waals surface area contributed by atoms with Gasteiger partial charge in [-0.2, -0.15) is 0 Å². The molecule has 0 aliphatic rings. The van der Waals surface area contributed by atoms with E-state index in [-0.39, 0.29) is 0 Å². The summed E-state index contributed by atoms with van der Waals surface area (Å²) in [4.78, 5) is 2.28. The van der Waals surface area contributed by atoms with E-state index in [0.717, 1.165) is 100 Å². The molecule has 384 valence electrons. The third-order valence-corrected chi connectivity index (χ3v) is 15.8. The van der Waals surface area contributed by atoms with Crippen LogP contribution in [-0.2, 0) is 0 Å². The number of fused-ring (bicyclic) bond motifs is 8. The van der Waals surface area contributed by atoms with Crippen molar-refractivity contribution in [2.75, 3.05) is 10.2 Å². The predicted molar refractivity (Wildman–Crippen MR) is 351 cm³/mol. The van der Waals surface area contributed by atoms with Crippen molar-refractivity contribution < 1.29 is 18.9 Å². The Morgan fingerprint density at radius 2 is 0.937 bits per heavy atom. The van der Waals surface area contributed by atoms with Crippen LogP contribution in [0.25, 0.3) is 76.5 Å². The maximum absolute atomic E-state index is 8.58. The lowest BCUT2D eigenvalue weighted by molar-refractivity contribution is 0.426. The molecular weight excluding hydrogens is 1290 g/mol. The van der Waals surface area contributed by atoms with E-state index in [4.69, 9.17) is 18.9 Å². The number of nitrogens with one attached hydrogen (secondary N) is 1. The quantitative estimate of drug-likeness (QED) is 0.109. The van der Waals surface area contributed by atoms with Gasteiger partial charge in [0.15, 0.2) is 0 Å². The van der Waals surface area contributed by atoms with Crippen molar-refractivity contribution >= 4 is 177 Å². The van der Waals surface area contributed by atoms with E-state index < -0.39 is 7.12 Å². The Bertz CT molecular complexity index is 4390. The molecule has 0 aliphatic heterocycles. The second kappa shape index (κ2) is 24.7. The minimum atomic E-state index is -1.34. The van der Waals surface area contributed by atoms with Gasteiger partial charge in [-0.15, -0.1) is 0 Å². The second-order valence-electron chi connectivity index (χ2n) is 18.5. The summed E-state index contributed by atoms with van der Waals surface area (Å²) < 4.78 is 16.7. The molecule has 0 bridgehead atoms. The number of anilines is 5. The van der Waals surface area contributed by atoms with Crippen LogP contribution in [0.3, 0.4) is 0 Å². The van der Waals surface area contributed by atoms with Gasteiger partial charge in [-0.1, -0.05) is 204 Å². The summed E-state index contributed by atoms with van der Waals surface area (Å²) in [7, 11) is -1.34. The van der Waals surface area contributed by atoms with Gasteiger partial charge in [-0.25, -0.2) is 0 Å². The van der Waals surface area contributed by atoms with Gasteiger partial charge in [0.25, 0.3) is 0 Å². The van der Waals surface area contributed by atoms with Crippen molar-refractivity contribution in [1.29, 1.82) is 0 Å². The number of nitrogens with zero attached hydrogens (tertiary/aromatic N) is 1.